The third kappa shape index (κ3) is 4.00. The highest BCUT2D eigenvalue weighted by Gasteiger charge is 2.51. The Morgan fingerprint density at radius 3 is 2.58 bits per heavy atom. The third-order valence-electron chi connectivity index (χ3n) is 7.36. The van der Waals surface area contributed by atoms with Crippen molar-refractivity contribution in [3.63, 3.8) is 0 Å². The van der Waals surface area contributed by atoms with Gasteiger partial charge in [0.15, 0.2) is 0 Å². The zero-order valence-corrected chi connectivity index (χ0v) is 20.0. The Bertz CT molecular complexity index is 964. The van der Waals surface area contributed by atoms with E-state index in [-0.39, 0.29) is 11.3 Å². The molecular weight excluding hydrogens is 404 g/mol. The number of nitrogens with zero attached hydrogens (tertiary/aromatic N) is 4. The highest BCUT2D eigenvalue weighted by molar-refractivity contribution is 7.13. The normalized spacial score (nSPS) is 28.2. The predicted molar refractivity (Wildman–Crippen MR) is 128 cm³/mol. The van der Waals surface area contributed by atoms with Crippen LogP contribution in [0, 0.1) is 10.8 Å². The van der Waals surface area contributed by atoms with Crippen LogP contribution in [0.1, 0.15) is 50.4 Å². The molecule has 2 bridgehead atoms. The fourth-order valence-corrected chi connectivity index (χ4v) is 6.98. The lowest BCUT2D eigenvalue weighted by Gasteiger charge is -2.39. The highest BCUT2D eigenvalue weighted by atomic mass is 32.1. The summed E-state index contributed by atoms with van der Waals surface area (Å²) in [4.78, 5) is 27.0. The maximum atomic E-state index is 13.9. The van der Waals surface area contributed by atoms with E-state index in [2.05, 4.69) is 60.0 Å². The van der Waals surface area contributed by atoms with Gasteiger partial charge in [0.2, 0.25) is 0 Å². The van der Waals surface area contributed by atoms with E-state index in [0.717, 1.165) is 67.5 Å². The van der Waals surface area contributed by atoms with Crippen molar-refractivity contribution in [3.05, 3.63) is 35.2 Å². The van der Waals surface area contributed by atoms with Crippen LogP contribution in [0.2, 0.25) is 0 Å². The Hall–Kier alpha value is -1.92. The summed E-state index contributed by atoms with van der Waals surface area (Å²) in [6.45, 7) is 11.8. The number of carbonyl (C=O) groups is 1. The number of aromatic nitrogens is 1. The molecule has 2 saturated heterocycles. The van der Waals surface area contributed by atoms with Crippen LogP contribution >= 0.6 is 11.3 Å². The van der Waals surface area contributed by atoms with E-state index in [0.29, 0.717) is 11.5 Å². The quantitative estimate of drug-likeness (QED) is 0.702. The second-order valence-corrected chi connectivity index (χ2v) is 11.9. The first-order chi connectivity index (χ1) is 14.7. The van der Waals surface area contributed by atoms with E-state index in [1.807, 2.05) is 12.1 Å². The van der Waals surface area contributed by atoms with Crippen molar-refractivity contribution in [3.8, 4) is 10.6 Å². The molecule has 5 nitrogen and oxygen atoms in total. The predicted octanol–water partition coefficient (Wildman–Crippen LogP) is 4.60. The smallest absolute Gasteiger partial charge is 0.257 e. The Balaban J connectivity index is 1.50. The number of thiophene rings is 1. The van der Waals surface area contributed by atoms with Gasteiger partial charge in [-0.15, -0.1) is 11.3 Å². The van der Waals surface area contributed by atoms with Gasteiger partial charge in [-0.1, -0.05) is 26.8 Å². The summed E-state index contributed by atoms with van der Waals surface area (Å²) in [7, 11) is 2.16. The lowest BCUT2D eigenvalue weighted by Crippen LogP contribution is -2.46. The SMILES string of the molecule is CN1CCN(c2nc(-c3cccs3)ccc2C(=O)N2C[C@]3(C)C[C@H]2CC(C)(C)C3)CC1. The molecule has 1 amide bonds. The standard InChI is InChI=1S/C25H34N4OS/c1-24(2)14-18-15-25(3,16-24)17-29(18)23(30)19-7-8-20(21-6-5-13-31-21)26-22(19)28-11-9-27(4)10-12-28/h5-8,13,18H,9-12,14-17H2,1-4H3/t18-,25-/m1/s1. The van der Waals surface area contributed by atoms with Crippen molar-refractivity contribution in [2.45, 2.75) is 46.1 Å². The van der Waals surface area contributed by atoms with E-state index in [9.17, 15) is 4.79 Å². The van der Waals surface area contributed by atoms with Gasteiger partial charge < -0.3 is 14.7 Å². The number of likely N-dealkylation sites (tertiary alicyclic amines) is 1. The fraction of sp³-hybridized carbons (Fsp3) is 0.600. The first-order valence-corrected chi connectivity index (χ1v) is 12.4. The Labute approximate surface area is 190 Å². The van der Waals surface area contributed by atoms with Crippen LogP contribution in [-0.2, 0) is 0 Å². The molecule has 3 fully saturated rings. The van der Waals surface area contributed by atoms with E-state index >= 15 is 0 Å². The van der Waals surface area contributed by atoms with Crippen LogP contribution in [0.3, 0.4) is 0 Å². The van der Waals surface area contributed by atoms with Crippen molar-refractivity contribution in [2.75, 3.05) is 44.7 Å². The topological polar surface area (TPSA) is 39.7 Å². The number of rotatable bonds is 3. The maximum absolute atomic E-state index is 13.9. The molecule has 0 unspecified atom stereocenters. The zero-order chi connectivity index (χ0) is 21.8. The molecule has 166 valence electrons. The number of anilines is 1. The maximum Gasteiger partial charge on any atom is 0.257 e. The molecular formula is C25H34N4OS. The molecule has 4 heterocycles. The molecule has 0 radical (unpaired) electrons. The molecule has 31 heavy (non-hydrogen) atoms. The first-order valence-electron chi connectivity index (χ1n) is 11.5. The number of likely N-dealkylation sites (N-methyl/N-ethyl adjacent to an activating group) is 1. The molecule has 2 aliphatic heterocycles. The minimum Gasteiger partial charge on any atom is -0.353 e. The number of carbonyl (C=O) groups excluding carboxylic acids is 1. The van der Waals surface area contributed by atoms with Crippen molar-refractivity contribution >= 4 is 23.1 Å². The van der Waals surface area contributed by atoms with E-state index in [4.69, 9.17) is 4.98 Å². The Morgan fingerprint density at radius 2 is 1.87 bits per heavy atom. The van der Waals surface area contributed by atoms with Gasteiger partial charge in [-0.2, -0.15) is 0 Å². The number of pyridine rings is 1. The van der Waals surface area contributed by atoms with Crippen LogP contribution < -0.4 is 4.90 Å². The van der Waals surface area contributed by atoms with Crippen molar-refractivity contribution < 1.29 is 4.79 Å². The number of amides is 1. The summed E-state index contributed by atoms with van der Waals surface area (Å²) in [6.07, 6.45) is 3.42. The van der Waals surface area contributed by atoms with Crippen molar-refractivity contribution in [1.82, 2.24) is 14.8 Å². The molecule has 2 atom stereocenters. The number of hydrogen-bond acceptors (Lipinski definition) is 5. The highest BCUT2D eigenvalue weighted by Crippen LogP contribution is 2.53. The second kappa shape index (κ2) is 7.59. The summed E-state index contributed by atoms with van der Waals surface area (Å²) < 4.78 is 0. The number of piperazine rings is 1. The van der Waals surface area contributed by atoms with Gasteiger partial charge in [-0.25, -0.2) is 4.98 Å². The number of hydrogen-bond donors (Lipinski definition) is 0. The van der Waals surface area contributed by atoms with Gasteiger partial charge >= 0.3 is 0 Å². The second-order valence-electron chi connectivity index (χ2n) is 11.0. The summed E-state index contributed by atoms with van der Waals surface area (Å²) in [5.41, 5.74) is 2.28. The molecule has 6 heteroatoms. The summed E-state index contributed by atoms with van der Waals surface area (Å²) in [5, 5.41) is 2.08. The molecule has 2 aromatic heterocycles. The monoisotopic (exact) mass is 438 g/mol. The lowest BCUT2D eigenvalue weighted by atomic mass is 9.65. The first kappa shape index (κ1) is 21.0. The fourth-order valence-electron chi connectivity index (χ4n) is 6.29. The molecule has 3 aliphatic rings. The molecule has 0 aromatic carbocycles. The van der Waals surface area contributed by atoms with Gasteiger partial charge in [0, 0.05) is 38.8 Å². The van der Waals surface area contributed by atoms with E-state index in [1.165, 1.54) is 6.42 Å². The third-order valence-corrected chi connectivity index (χ3v) is 8.25. The van der Waals surface area contributed by atoms with E-state index in [1.54, 1.807) is 11.3 Å². The van der Waals surface area contributed by atoms with E-state index < -0.39 is 0 Å². The lowest BCUT2D eigenvalue weighted by molar-refractivity contribution is 0.0708. The van der Waals surface area contributed by atoms with Crippen molar-refractivity contribution in [2.24, 2.45) is 10.8 Å². The van der Waals surface area contributed by atoms with Gasteiger partial charge in [0.05, 0.1) is 16.1 Å². The van der Waals surface area contributed by atoms with Crippen LogP contribution in [0.15, 0.2) is 29.6 Å². The largest absolute Gasteiger partial charge is 0.353 e. The van der Waals surface area contributed by atoms with Crippen LogP contribution in [-0.4, -0.2) is 66.5 Å². The summed E-state index contributed by atoms with van der Waals surface area (Å²) in [5.74, 6) is 1.04. The van der Waals surface area contributed by atoms with Crippen LogP contribution in [0.25, 0.3) is 10.6 Å². The minimum absolute atomic E-state index is 0.172. The molecule has 0 N–H and O–H groups in total. The van der Waals surface area contributed by atoms with Gasteiger partial charge in [0.25, 0.3) is 5.91 Å². The molecule has 1 saturated carbocycles. The van der Waals surface area contributed by atoms with Gasteiger partial charge in [0.1, 0.15) is 5.82 Å². The van der Waals surface area contributed by atoms with Gasteiger partial charge in [-0.3, -0.25) is 4.79 Å². The Kier molecular flexibility index (Phi) is 5.13. The average molecular weight is 439 g/mol. The van der Waals surface area contributed by atoms with Crippen LogP contribution in [0.4, 0.5) is 5.82 Å². The summed E-state index contributed by atoms with van der Waals surface area (Å²) in [6, 6.07) is 8.58. The molecule has 5 rings (SSSR count). The van der Waals surface area contributed by atoms with Crippen LogP contribution in [0.5, 0.6) is 0 Å². The summed E-state index contributed by atoms with van der Waals surface area (Å²) >= 11 is 1.70. The average Bonchev–Trinajstić information content (AvgIpc) is 3.33. The zero-order valence-electron chi connectivity index (χ0n) is 19.2. The number of fused-ring (bicyclic) bond motifs is 2. The molecule has 1 aliphatic carbocycles. The Morgan fingerprint density at radius 1 is 1.10 bits per heavy atom. The molecule has 2 aromatic rings. The van der Waals surface area contributed by atoms with Crippen molar-refractivity contribution in [1.29, 1.82) is 0 Å². The minimum atomic E-state index is 0.172. The van der Waals surface area contributed by atoms with Gasteiger partial charge in [-0.05, 0) is 60.7 Å². The molecule has 0 spiro atoms.